The molecule has 1 aliphatic heterocycles. The quantitative estimate of drug-likeness (QED) is 0.684. The molecule has 2 amide bonds. The van der Waals surface area contributed by atoms with E-state index < -0.39 is 17.4 Å². The van der Waals surface area contributed by atoms with Gasteiger partial charge in [0.25, 0.3) is 11.8 Å². The highest BCUT2D eigenvalue weighted by Gasteiger charge is 2.50. The molecule has 1 aromatic carbocycles. The topological polar surface area (TPSA) is 81.4 Å². The molecule has 2 rings (SSSR count). The third kappa shape index (κ3) is 2.00. The van der Waals surface area contributed by atoms with Crippen molar-refractivity contribution >= 4 is 11.8 Å². The Morgan fingerprint density at radius 1 is 1.36 bits per heavy atom. The van der Waals surface area contributed by atoms with Gasteiger partial charge in [-0.3, -0.25) is 14.5 Å². The molecule has 1 N–H and O–H groups in total. The molecule has 1 aliphatic rings. The predicted octanol–water partition coefficient (Wildman–Crippen LogP) is 2.65. The average molecular weight is 298 g/mol. The number of hydrogen-bond acceptors (Lipinski definition) is 4. The third-order valence-corrected chi connectivity index (χ3v) is 4.28. The van der Waals surface area contributed by atoms with Crippen molar-refractivity contribution in [1.29, 1.82) is 5.26 Å². The maximum Gasteiger partial charge on any atom is 0.266 e. The SMILES string of the molecule is C=CCc1ccc(O)c2c1C(=O)N(C(C)(C#N)C(C)C)C2=O. The van der Waals surface area contributed by atoms with Crippen molar-refractivity contribution in [1.82, 2.24) is 4.90 Å². The summed E-state index contributed by atoms with van der Waals surface area (Å²) in [5.41, 5.74) is -0.503. The van der Waals surface area contributed by atoms with Crippen LogP contribution < -0.4 is 0 Å². The molecule has 0 spiro atoms. The zero-order chi connectivity index (χ0) is 16.7. The second kappa shape index (κ2) is 5.30. The van der Waals surface area contributed by atoms with Gasteiger partial charge in [0, 0.05) is 0 Å². The van der Waals surface area contributed by atoms with Crippen LogP contribution in [0, 0.1) is 17.2 Å². The molecule has 0 aromatic heterocycles. The molecule has 1 aromatic rings. The first-order valence-electron chi connectivity index (χ1n) is 7.05. The Kier molecular flexibility index (Phi) is 3.80. The number of phenols is 1. The summed E-state index contributed by atoms with van der Waals surface area (Å²) >= 11 is 0. The van der Waals surface area contributed by atoms with E-state index in [1.165, 1.54) is 6.07 Å². The zero-order valence-corrected chi connectivity index (χ0v) is 12.9. The highest BCUT2D eigenvalue weighted by atomic mass is 16.3. The second-order valence-electron chi connectivity index (χ2n) is 5.85. The molecule has 0 bridgehead atoms. The summed E-state index contributed by atoms with van der Waals surface area (Å²) in [5, 5.41) is 19.5. The average Bonchev–Trinajstić information content (AvgIpc) is 2.74. The number of carbonyl (C=O) groups is 2. The standard InChI is InChI=1S/C17H18N2O3/c1-5-6-11-7-8-12(20)14-13(11)15(21)19(16(14)22)17(4,9-18)10(2)3/h5,7-8,10,20H,1,6H2,2-4H3. The van der Waals surface area contributed by atoms with Crippen LogP contribution in [-0.2, 0) is 6.42 Å². The third-order valence-electron chi connectivity index (χ3n) is 4.28. The summed E-state index contributed by atoms with van der Waals surface area (Å²) in [4.78, 5) is 26.4. The van der Waals surface area contributed by atoms with Crippen LogP contribution in [0.1, 0.15) is 47.1 Å². The summed E-state index contributed by atoms with van der Waals surface area (Å²) in [7, 11) is 0. The van der Waals surface area contributed by atoms with E-state index in [-0.39, 0.29) is 22.8 Å². The molecule has 1 atom stereocenters. The van der Waals surface area contributed by atoms with Crippen LogP contribution in [0.4, 0.5) is 0 Å². The minimum absolute atomic E-state index is 0.0218. The largest absolute Gasteiger partial charge is 0.507 e. The summed E-state index contributed by atoms with van der Waals surface area (Å²) in [6.45, 7) is 8.74. The summed E-state index contributed by atoms with van der Waals surface area (Å²) in [5.74, 6) is -1.65. The van der Waals surface area contributed by atoms with E-state index in [4.69, 9.17) is 0 Å². The first kappa shape index (κ1) is 15.8. The van der Waals surface area contributed by atoms with E-state index in [0.717, 1.165) is 4.90 Å². The number of nitrogens with zero attached hydrogens (tertiary/aromatic N) is 2. The molecule has 0 saturated carbocycles. The number of carbonyl (C=O) groups excluding carboxylic acids is 2. The van der Waals surface area contributed by atoms with Crippen LogP contribution in [0.25, 0.3) is 0 Å². The number of amides is 2. The van der Waals surface area contributed by atoms with Crippen molar-refractivity contribution in [3.8, 4) is 11.8 Å². The fraction of sp³-hybridized carbons (Fsp3) is 0.353. The van der Waals surface area contributed by atoms with E-state index in [1.54, 1.807) is 32.9 Å². The Morgan fingerprint density at radius 3 is 2.45 bits per heavy atom. The van der Waals surface area contributed by atoms with Crippen molar-refractivity contribution in [3.05, 3.63) is 41.5 Å². The summed E-state index contributed by atoms with van der Waals surface area (Å²) < 4.78 is 0. The second-order valence-corrected chi connectivity index (χ2v) is 5.85. The van der Waals surface area contributed by atoms with Crippen LogP contribution in [0.5, 0.6) is 5.75 Å². The predicted molar refractivity (Wildman–Crippen MR) is 81.4 cm³/mol. The number of benzene rings is 1. The number of fused-ring (bicyclic) bond motifs is 1. The fourth-order valence-electron chi connectivity index (χ4n) is 2.60. The molecule has 1 unspecified atom stereocenters. The molecule has 0 saturated heterocycles. The maximum absolute atomic E-state index is 12.8. The van der Waals surface area contributed by atoms with Crippen molar-refractivity contribution in [3.63, 3.8) is 0 Å². The van der Waals surface area contributed by atoms with E-state index in [2.05, 4.69) is 12.6 Å². The smallest absolute Gasteiger partial charge is 0.266 e. The lowest BCUT2D eigenvalue weighted by atomic mass is 9.88. The number of rotatable bonds is 4. The van der Waals surface area contributed by atoms with Crippen LogP contribution in [-0.4, -0.2) is 27.4 Å². The van der Waals surface area contributed by atoms with Gasteiger partial charge in [0.05, 0.1) is 17.2 Å². The minimum Gasteiger partial charge on any atom is -0.507 e. The summed E-state index contributed by atoms with van der Waals surface area (Å²) in [6.07, 6.45) is 2.03. The number of nitriles is 1. The van der Waals surface area contributed by atoms with Gasteiger partial charge in [-0.25, -0.2) is 0 Å². The normalized spacial score (nSPS) is 16.4. The molecular formula is C17H18N2O3. The Morgan fingerprint density at radius 2 is 1.95 bits per heavy atom. The molecule has 5 heteroatoms. The Bertz CT molecular complexity index is 715. The number of phenolic OH excluding ortho intramolecular Hbond substituents is 1. The van der Waals surface area contributed by atoms with Crippen LogP contribution >= 0.6 is 0 Å². The fourth-order valence-corrected chi connectivity index (χ4v) is 2.60. The zero-order valence-electron chi connectivity index (χ0n) is 12.9. The number of aromatic hydroxyl groups is 1. The Balaban J connectivity index is 2.69. The summed E-state index contributed by atoms with van der Waals surface area (Å²) in [6, 6.07) is 5.06. The van der Waals surface area contributed by atoms with Crippen molar-refractivity contribution in [2.45, 2.75) is 32.7 Å². The lowest BCUT2D eigenvalue weighted by molar-refractivity contribution is 0.0464. The molecule has 114 valence electrons. The van der Waals surface area contributed by atoms with Gasteiger partial charge in [0.1, 0.15) is 11.3 Å². The van der Waals surface area contributed by atoms with E-state index in [1.807, 2.05) is 0 Å². The lowest BCUT2D eigenvalue weighted by Crippen LogP contribution is -2.52. The molecule has 1 heterocycles. The molecular weight excluding hydrogens is 280 g/mol. The first-order chi connectivity index (χ1) is 10.3. The van der Waals surface area contributed by atoms with Gasteiger partial charge in [-0.05, 0) is 30.9 Å². The van der Waals surface area contributed by atoms with Crippen LogP contribution in [0.15, 0.2) is 24.8 Å². The van der Waals surface area contributed by atoms with Crippen molar-refractivity contribution in [2.24, 2.45) is 5.92 Å². The molecule has 22 heavy (non-hydrogen) atoms. The Hall–Kier alpha value is -2.61. The van der Waals surface area contributed by atoms with E-state index in [9.17, 15) is 20.0 Å². The van der Waals surface area contributed by atoms with E-state index >= 15 is 0 Å². The van der Waals surface area contributed by atoms with Crippen LogP contribution in [0.3, 0.4) is 0 Å². The number of hydrogen-bond donors (Lipinski definition) is 1. The minimum atomic E-state index is -1.27. The number of imide groups is 1. The van der Waals surface area contributed by atoms with Crippen molar-refractivity contribution in [2.75, 3.05) is 0 Å². The number of allylic oxidation sites excluding steroid dienone is 1. The van der Waals surface area contributed by atoms with Gasteiger partial charge in [-0.1, -0.05) is 26.0 Å². The molecule has 5 nitrogen and oxygen atoms in total. The molecule has 0 fully saturated rings. The highest BCUT2D eigenvalue weighted by Crippen LogP contribution is 2.38. The lowest BCUT2D eigenvalue weighted by Gasteiger charge is -2.34. The van der Waals surface area contributed by atoms with Crippen LogP contribution in [0.2, 0.25) is 0 Å². The Labute approximate surface area is 129 Å². The maximum atomic E-state index is 12.8. The van der Waals surface area contributed by atoms with Gasteiger partial charge in [-0.15, -0.1) is 6.58 Å². The van der Waals surface area contributed by atoms with E-state index in [0.29, 0.717) is 12.0 Å². The molecule has 0 aliphatic carbocycles. The van der Waals surface area contributed by atoms with Gasteiger partial charge >= 0.3 is 0 Å². The van der Waals surface area contributed by atoms with Gasteiger partial charge < -0.3 is 5.11 Å². The van der Waals surface area contributed by atoms with Gasteiger partial charge in [0.2, 0.25) is 0 Å². The first-order valence-corrected chi connectivity index (χ1v) is 7.05. The molecule has 0 radical (unpaired) electrons. The monoisotopic (exact) mass is 298 g/mol. The van der Waals surface area contributed by atoms with Gasteiger partial charge in [-0.2, -0.15) is 5.26 Å². The highest BCUT2D eigenvalue weighted by molar-refractivity contribution is 6.24. The van der Waals surface area contributed by atoms with Crippen molar-refractivity contribution < 1.29 is 14.7 Å². The van der Waals surface area contributed by atoms with Gasteiger partial charge in [0.15, 0.2) is 0 Å².